The van der Waals surface area contributed by atoms with Gasteiger partial charge in [0.2, 0.25) is 5.91 Å². The highest BCUT2D eigenvalue weighted by atomic mass is 16.7. The number of nitrogens with one attached hydrogen (secondary N) is 1. The zero-order valence-electron chi connectivity index (χ0n) is 11.0. The highest BCUT2D eigenvalue weighted by Gasteiger charge is 2.32. The summed E-state index contributed by atoms with van der Waals surface area (Å²) in [5.41, 5.74) is 5.57. The lowest BCUT2D eigenvalue weighted by Crippen LogP contribution is -2.40. The number of hydrogen-bond donors (Lipinski definition) is 2. The maximum atomic E-state index is 11.8. The van der Waals surface area contributed by atoms with Gasteiger partial charge in [-0.2, -0.15) is 0 Å². The van der Waals surface area contributed by atoms with Gasteiger partial charge in [-0.25, -0.2) is 0 Å². The molecular formula is C12H24N2O3. The van der Waals surface area contributed by atoms with Gasteiger partial charge in [-0.3, -0.25) is 4.79 Å². The van der Waals surface area contributed by atoms with Crippen LogP contribution in [0.3, 0.4) is 0 Å². The van der Waals surface area contributed by atoms with Crippen molar-refractivity contribution in [2.75, 3.05) is 19.7 Å². The highest BCUT2D eigenvalue weighted by Crippen LogP contribution is 2.21. The molecule has 100 valence electrons. The summed E-state index contributed by atoms with van der Waals surface area (Å²) in [5, 5.41) is 2.87. The molecule has 1 saturated heterocycles. The zero-order valence-corrected chi connectivity index (χ0v) is 11.0. The maximum Gasteiger partial charge on any atom is 0.224 e. The molecule has 0 saturated carbocycles. The summed E-state index contributed by atoms with van der Waals surface area (Å²) in [4.78, 5) is 11.8. The van der Waals surface area contributed by atoms with Crippen molar-refractivity contribution in [2.24, 2.45) is 11.7 Å². The average molecular weight is 244 g/mol. The molecule has 0 aromatic carbocycles. The molecule has 3 N–H and O–H groups in total. The third kappa shape index (κ3) is 4.61. The van der Waals surface area contributed by atoms with Gasteiger partial charge in [-0.1, -0.05) is 13.3 Å². The Morgan fingerprint density at radius 3 is 2.76 bits per heavy atom. The topological polar surface area (TPSA) is 73.6 Å². The van der Waals surface area contributed by atoms with Gasteiger partial charge in [0.25, 0.3) is 0 Å². The molecule has 0 aromatic heterocycles. The van der Waals surface area contributed by atoms with E-state index in [1.54, 1.807) is 0 Å². The number of carbonyl (C=O) groups excluding carboxylic acids is 1. The van der Waals surface area contributed by atoms with Gasteiger partial charge in [0, 0.05) is 13.1 Å². The number of rotatable bonds is 6. The minimum atomic E-state index is -0.536. The van der Waals surface area contributed by atoms with Crippen molar-refractivity contribution in [1.29, 1.82) is 0 Å². The third-order valence-corrected chi connectivity index (χ3v) is 2.86. The molecule has 1 aliphatic heterocycles. The predicted octanol–water partition coefficient (Wildman–Crippen LogP) is 0.629. The SMILES string of the molecule is CCCC(CN)C(=O)NCC1COC(C)(C)O1. The molecule has 1 rings (SSSR count). The molecule has 1 aliphatic rings. The molecule has 1 amide bonds. The molecule has 1 heterocycles. The Morgan fingerprint density at radius 2 is 2.29 bits per heavy atom. The van der Waals surface area contributed by atoms with Crippen LogP contribution >= 0.6 is 0 Å². The van der Waals surface area contributed by atoms with E-state index in [1.807, 2.05) is 20.8 Å². The number of nitrogens with two attached hydrogens (primary N) is 1. The Kier molecular flexibility index (Phi) is 5.36. The van der Waals surface area contributed by atoms with Crippen LogP contribution in [0.5, 0.6) is 0 Å². The van der Waals surface area contributed by atoms with Crippen molar-refractivity contribution < 1.29 is 14.3 Å². The van der Waals surface area contributed by atoms with Crippen LogP contribution in [0, 0.1) is 5.92 Å². The quantitative estimate of drug-likeness (QED) is 0.718. The van der Waals surface area contributed by atoms with Crippen LogP contribution in [0.15, 0.2) is 0 Å². The Labute approximate surface area is 103 Å². The molecule has 5 nitrogen and oxygen atoms in total. The molecular weight excluding hydrogens is 220 g/mol. The number of ether oxygens (including phenoxy) is 2. The van der Waals surface area contributed by atoms with E-state index in [2.05, 4.69) is 5.32 Å². The normalized spacial score (nSPS) is 24.6. The van der Waals surface area contributed by atoms with Crippen molar-refractivity contribution in [2.45, 2.75) is 45.5 Å². The zero-order chi connectivity index (χ0) is 12.9. The van der Waals surface area contributed by atoms with Crippen LogP contribution in [0.1, 0.15) is 33.6 Å². The molecule has 0 spiro atoms. The van der Waals surface area contributed by atoms with Crippen molar-refractivity contribution >= 4 is 5.91 Å². The summed E-state index contributed by atoms with van der Waals surface area (Å²) < 4.78 is 11.0. The van der Waals surface area contributed by atoms with Gasteiger partial charge in [-0.05, 0) is 20.3 Å². The monoisotopic (exact) mass is 244 g/mol. The average Bonchev–Trinajstić information content (AvgIpc) is 2.62. The van der Waals surface area contributed by atoms with Crippen LogP contribution in [-0.2, 0) is 14.3 Å². The molecule has 0 aromatic rings. The van der Waals surface area contributed by atoms with Crippen LogP contribution in [-0.4, -0.2) is 37.5 Å². The molecule has 0 aliphatic carbocycles. The van der Waals surface area contributed by atoms with Gasteiger partial charge in [0.1, 0.15) is 6.10 Å². The van der Waals surface area contributed by atoms with Crippen molar-refractivity contribution in [3.05, 3.63) is 0 Å². The molecule has 1 fully saturated rings. The lowest BCUT2D eigenvalue weighted by atomic mass is 10.0. The van der Waals surface area contributed by atoms with Crippen LogP contribution in [0.25, 0.3) is 0 Å². The number of amides is 1. The van der Waals surface area contributed by atoms with Gasteiger partial charge in [0.15, 0.2) is 5.79 Å². The van der Waals surface area contributed by atoms with E-state index in [0.29, 0.717) is 19.7 Å². The second-order valence-corrected chi connectivity index (χ2v) is 4.92. The number of carbonyl (C=O) groups is 1. The van der Waals surface area contributed by atoms with Crippen molar-refractivity contribution in [3.63, 3.8) is 0 Å². The molecule has 0 radical (unpaired) electrons. The van der Waals surface area contributed by atoms with Gasteiger partial charge >= 0.3 is 0 Å². The van der Waals surface area contributed by atoms with Gasteiger partial charge in [-0.15, -0.1) is 0 Å². The summed E-state index contributed by atoms with van der Waals surface area (Å²) in [6.45, 7) is 7.19. The number of hydrogen-bond acceptors (Lipinski definition) is 4. The van der Waals surface area contributed by atoms with Crippen molar-refractivity contribution in [1.82, 2.24) is 5.32 Å². The minimum absolute atomic E-state index is 0.0163. The second-order valence-electron chi connectivity index (χ2n) is 4.92. The third-order valence-electron chi connectivity index (χ3n) is 2.86. The van der Waals surface area contributed by atoms with E-state index in [4.69, 9.17) is 15.2 Å². The van der Waals surface area contributed by atoms with E-state index in [-0.39, 0.29) is 17.9 Å². The molecule has 17 heavy (non-hydrogen) atoms. The summed E-state index contributed by atoms with van der Waals surface area (Å²) in [5.74, 6) is -0.607. The Morgan fingerprint density at radius 1 is 1.59 bits per heavy atom. The van der Waals surface area contributed by atoms with E-state index in [1.165, 1.54) is 0 Å². The summed E-state index contributed by atoms with van der Waals surface area (Å²) in [6, 6.07) is 0. The first-order valence-corrected chi connectivity index (χ1v) is 6.28. The van der Waals surface area contributed by atoms with Gasteiger partial charge in [0.05, 0.1) is 12.5 Å². The predicted molar refractivity (Wildman–Crippen MR) is 65.4 cm³/mol. The second kappa shape index (κ2) is 6.33. The minimum Gasteiger partial charge on any atom is -0.353 e. The van der Waals surface area contributed by atoms with E-state index in [0.717, 1.165) is 12.8 Å². The summed E-state index contributed by atoms with van der Waals surface area (Å²) in [7, 11) is 0. The largest absolute Gasteiger partial charge is 0.353 e. The standard InChI is InChI=1S/C12H24N2O3/c1-4-5-9(6-13)11(15)14-7-10-8-16-12(2,3)17-10/h9-10H,4-8,13H2,1-3H3,(H,14,15). The first-order valence-electron chi connectivity index (χ1n) is 6.28. The lowest BCUT2D eigenvalue weighted by molar-refractivity contribution is -0.140. The fraction of sp³-hybridized carbons (Fsp3) is 0.917. The van der Waals surface area contributed by atoms with Crippen molar-refractivity contribution in [3.8, 4) is 0 Å². The first-order chi connectivity index (χ1) is 7.98. The van der Waals surface area contributed by atoms with E-state index in [9.17, 15) is 4.79 Å². The van der Waals surface area contributed by atoms with Crippen LogP contribution in [0.2, 0.25) is 0 Å². The Balaban J connectivity index is 2.28. The maximum absolute atomic E-state index is 11.8. The first kappa shape index (κ1) is 14.4. The summed E-state index contributed by atoms with van der Waals surface area (Å²) in [6.07, 6.45) is 1.73. The molecule has 0 bridgehead atoms. The van der Waals surface area contributed by atoms with E-state index >= 15 is 0 Å². The molecule has 2 unspecified atom stereocenters. The van der Waals surface area contributed by atoms with Crippen LogP contribution < -0.4 is 11.1 Å². The summed E-state index contributed by atoms with van der Waals surface area (Å²) >= 11 is 0. The fourth-order valence-corrected chi connectivity index (χ4v) is 1.93. The van der Waals surface area contributed by atoms with Crippen LogP contribution in [0.4, 0.5) is 0 Å². The molecule has 2 atom stereocenters. The van der Waals surface area contributed by atoms with Gasteiger partial charge < -0.3 is 20.5 Å². The molecule has 5 heteroatoms. The Bertz CT molecular complexity index is 256. The highest BCUT2D eigenvalue weighted by molar-refractivity contribution is 5.78. The lowest BCUT2D eigenvalue weighted by Gasteiger charge is -2.18. The fourth-order valence-electron chi connectivity index (χ4n) is 1.93. The smallest absolute Gasteiger partial charge is 0.224 e. The Hall–Kier alpha value is -0.650. The van der Waals surface area contributed by atoms with E-state index < -0.39 is 5.79 Å².